The van der Waals surface area contributed by atoms with Crippen molar-refractivity contribution in [3.63, 3.8) is 0 Å². The second-order valence-electron chi connectivity index (χ2n) is 7.58. The lowest BCUT2D eigenvalue weighted by Gasteiger charge is -2.35. The van der Waals surface area contributed by atoms with Crippen molar-refractivity contribution in [2.24, 2.45) is 0 Å². The van der Waals surface area contributed by atoms with Crippen molar-refractivity contribution in [1.82, 2.24) is 9.21 Å². The summed E-state index contributed by atoms with van der Waals surface area (Å²) in [5.41, 5.74) is 1.82. The summed E-state index contributed by atoms with van der Waals surface area (Å²) >= 11 is 0. The molecule has 2 heterocycles. The minimum absolute atomic E-state index is 0.120. The fourth-order valence-electron chi connectivity index (χ4n) is 3.79. The van der Waals surface area contributed by atoms with Crippen LogP contribution in [0.2, 0.25) is 0 Å². The van der Waals surface area contributed by atoms with Gasteiger partial charge in [0.2, 0.25) is 5.91 Å². The van der Waals surface area contributed by atoms with E-state index in [1.165, 1.54) is 12.1 Å². The number of sulfonamides is 1. The number of piperazine rings is 1. The molecule has 8 nitrogen and oxygen atoms in total. The first-order valence-electron chi connectivity index (χ1n) is 10.3. The Morgan fingerprint density at radius 2 is 1.58 bits per heavy atom. The van der Waals surface area contributed by atoms with Crippen LogP contribution >= 0.6 is 0 Å². The van der Waals surface area contributed by atoms with E-state index in [9.17, 15) is 18.0 Å². The number of anilines is 1. The van der Waals surface area contributed by atoms with Gasteiger partial charge in [-0.05, 0) is 36.2 Å². The number of carbonyl (C=O) groups is 2. The number of carbonyl (C=O) groups excluding carboxylic acids is 2. The smallest absolute Gasteiger partial charge is 0.410 e. The second-order valence-corrected chi connectivity index (χ2v) is 9.44. The van der Waals surface area contributed by atoms with Crippen molar-refractivity contribution in [1.29, 1.82) is 0 Å². The van der Waals surface area contributed by atoms with Gasteiger partial charge in [-0.25, -0.2) is 17.5 Å². The van der Waals surface area contributed by atoms with E-state index in [2.05, 4.69) is 4.90 Å². The Balaban J connectivity index is 1.31. The van der Waals surface area contributed by atoms with Gasteiger partial charge in [-0.15, -0.1) is 0 Å². The zero-order valence-corrected chi connectivity index (χ0v) is 18.0. The quantitative estimate of drug-likeness (QED) is 0.706. The molecule has 0 radical (unpaired) electrons. The molecule has 0 bridgehead atoms. The van der Waals surface area contributed by atoms with Crippen molar-refractivity contribution in [3.05, 3.63) is 60.2 Å². The van der Waals surface area contributed by atoms with Crippen LogP contribution in [0.5, 0.6) is 0 Å². The van der Waals surface area contributed by atoms with Crippen LogP contribution in [0, 0.1) is 0 Å². The molecule has 0 spiro atoms. The zero-order valence-electron chi connectivity index (χ0n) is 17.1. The van der Waals surface area contributed by atoms with Crippen molar-refractivity contribution in [3.8, 4) is 0 Å². The van der Waals surface area contributed by atoms with Crippen LogP contribution in [-0.4, -0.2) is 62.3 Å². The molecular formula is C22H25N3O5S. The number of amides is 2. The Bertz CT molecular complexity index is 1030. The first-order valence-corrected chi connectivity index (χ1v) is 11.8. The standard InChI is InChI=1S/C22H25N3O5S/c26-21-7-4-12-25(21)31(28,29)20-10-8-19(9-11-20)23-13-15-24(16-14-23)22(27)30-17-18-5-2-1-3-6-18/h1-3,5-6,8-11H,4,7,12-17H2. The van der Waals surface area contributed by atoms with Gasteiger partial charge in [0.15, 0.2) is 0 Å². The van der Waals surface area contributed by atoms with Crippen LogP contribution in [-0.2, 0) is 26.2 Å². The molecule has 0 saturated carbocycles. The van der Waals surface area contributed by atoms with Crippen molar-refractivity contribution in [2.45, 2.75) is 24.3 Å². The molecule has 164 valence electrons. The normalized spacial score (nSPS) is 17.2. The predicted molar refractivity (Wildman–Crippen MR) is 115 cm³/mol. The molecule has 0 N–H and O–H groups in total. The van der Waals surface area contributed by atoms with Crippen LogP contribution in [0.25, 0.3) is 0 Å². The van der Waals surface area contributed by atoms with Gasteiger partial charge in [0.1, 0.15) is 6.61 Å². The van der Waals surface area contributed by atoms with Crippen LogP contribution < -0.4 is 4.90 Å². The molecule has 2 amide bonds. The highest BCUT2D eigenvalue weighted by Crippen LogP contribution is 2.25. The summed E-state index contributed by atoms with van der Waals surface area (Å²) in [5, 5.41) is 0. The largest absolute Gasteiger partial charge is 0.445 e. The lowest BCUT2D eigenvalue weighted by molar-refractivity contribution is -0.123. The average molecular weight is 444 g/mol. The highest BCUT2D eigenvalue weighted by Gasteiger charge is 2.33. The number of benzene rings is 2. The molecule has 2 saturated heterocycles. The average Bonchev–Trinajstić information content (AvgIpc) is 3.25. The topological polar surface area (TPSA) is 87.2 Å². The highest BCUT2D eigenvalue weighted by molar-refractivity contribution is 7.89. The molecule has 2 aliphatic heterocycles. The molecule has 0 aliphatic carbocycles. The van der Waals surface area contributed by atoms with E-state index < -0.39 is 10.0 Å². The second kappa shape index (κ2) is 8.97. The summed E-state index contributed by atoms with van der Waals surface area (Å²) in [6.07, 6.45) is 0.504. The maximum absolute atomic E-state index is 12.6. The summed E-state index contributed by atoms with van der Waals surface area (Å²) in [5.74, 6) is -0.348. The van der Waals surface area contributed by atoms with Gasteiger partial charge < -0.3 is 14.5 Å². The summed E-state index contributed by atoms with van der Waals surface area (Å²) in [4.78, 5) is 28.0. The Kier molecular flexibility index (Phi) is 6.13. The third-order valence-electron chi connectivity index (χ3n) is 5.56. The molecule has 0 atom stereocenters. The van der Waals surface area contributed by atoms with E-state index >= 15 is 0 Å². The molecule has 2 aromatic rings. The van der Waals surface area contributed by atoms with Gasteiger partial charge in [-0.1, -0.05) is 30.3 Å². The zero-order chi connectivity index (χ0) is 21.8. The number of nitrogens with zero attached hydrogens (tertiary/aromatic N) is 3. The predicted octanol–water partition coefficient (Wildman–Crippen LogP) is 2.46. The molecule has 2 aliphatic rings. The third kappa shape index (κ3) is 4.66. The summed E-state index contributed by atoms with van der Waals surface area (Å²) in [6, 6.07) is 16.1. The minimum atomic E-state index is -3.79. The Hall–Kier alpha value is -3.07. The summed E-state index contributed by atoms with van der Waals surface area (Å²) in [6.45, 7) is 2.78. The molecule has 2 aromatic carbocycles. The number of hydrogen-bond acceptors (Lipinski definition) is 6. The Labute approximate surface area is 182 Å². The monoisotopic (exact) mass is 443 g/mol. The van der Waals surface area contributed by atoms with Crippen molar-refractivity contribution >= 4 is 27.7 Å². The van der Waals surface area contributed by atoms with Crippen LogP contribution in [0.4, 0.5) is 10.5 Å². The molecular weight excluding hydrogens is 418 g/mol. The lowest BCUT2D eigenvalue weighted by atomic mass is 10.2. The number of hydrogen-bond donors (Lipinski definition) is 0. The maximum Gasteiger partial charge on any atom is 0.410 e. The van der Waals surface area contributed by atoms with Crippen LogP contribution in [0.3, 0.4) is 0 Å². The molecule has 4 rings (SSSR count). The Morgan fingerprint density at radius 3 is 2.19 bits per heavy atom. The summed E-state index contributed by atoms with van der Waals surface area (Å²) < 4.78 is 31.6. The van der Waals surface area contributed by atoms with Gasteiger partial charge in [-0.2, -0.15) is 0 Å². The van der Waals surface area contributed by atoms with Crippen molar-refractivity contribution < 1.29 is 22.7 Å². The van der Waals surface area contributed by atoms with E-state index in [1.807, 2.05) is 30.3 Å². The van der Waals surface area contributed by atoms with E-state index in [1.54, 1.807) is 17.0 Å². The van der Waals surface area contributed by atoms with E-state index in [4.69, 9.17) is 4.74 Å². The van der Waals surface area contributed by atoms with Crippen LogP contribution in [0.15, 0.2) is 59.5 Å². The first-order chi connectivity index (χ1) is 14.9. The molecule has 9 heteroatoms. The van der Waals surface area contributed by atoms with Gasteiger partial charge in [0.25, 0.3) is 10.0 Å². The lowest BCUT2D eigenvalue weighted by Crippen LogP contribution is -2.48. The van der Waals surface area contributed by atoms with Gasteiger partial charge >= 0.3 is 6.09 Å². The SMILES string of the molecule is O=C(OCc1ccccc1)N1CCN(c2ccc(S(=O)(=O)N3CCCC3=O)cc2)CC1. The highest BCUT2D eigenvalue weighted by atomic mass is 32.2. The van der Waals surface area contributed by atoms with Gasteiger partial charge in [0.05, 0.1) is 4.90 Å². The molecule has 2 fully saturated rings. The van der Waals surface area contributed by atoms with E-state index in [-0.39, 0.29) is 36.5 Å². The van der Waals surface area contributed by atoms with E-state index in [0.29, 0.717) is 32.6 Å². The fraction of sp³-hybridized carbons (Fsp3) is 0.364. The van der Waals surface area contributed by atoms with Gasteiger partial charge in [0, 0.05) is 44.8 Å². The van der Waals surface area contributed by atoms with Crippen LogP contribution in [0.1, 0.15) is 18.4 Å². The van der Waals surface area contributed by atoms with Gasteiger partial charge in [-0.3, -0.25) is 4.79 Å². The fourth-order valence-corrected chi connectivity index (χ4v) is 5.25. The van der Waals surface area contributed by atoms with Crippen molar-refractivity contribution in [2.75, 3.05) is 37.6 Å². The minimum Gasteiger partial charge on any atom is -0.445 e. The summed E-state index contributed by atoms with van der Waals surface area (Å²) in [7, 11) is -3.79. The first kappa shape index (κ1) is 21.2. The molecule has 0 aromatic heterocycles. The Morgan fingerprint density at radius 1 is 0.903 bits per heavy atom. The third-order valence-corrected chi connectivity index (χ3v) is 7.40. The molecule has 31 heavy (non-hydrogen) atoms. The number of rotatable bonds is 5. The number of ether oxygens (including phenoxy) is 1. The molecule has 0 unspecified atom stereocenters. The van der Waals surface area contributed by atoms with E-state index in [0.717, 1.165) is 15.6 Å². The maximum atomic E-state index is 12.6.